The van der Waals surface area contributed by atoms with Crippen LogP contribution in [-0.4, -0.2) is 33.8 Å². The summed E-state index contributed by atoms with van der Waals surface area (Å²) in [5.74, 6) is 3.97. The Labute approximate surface area is 202 Å². The maximum atomic E-state index is 12.4. The predicted molar refractivity (Wildman–Crippen MR) is 132 cm³/mol. The molecular weight excluding hydrogens is 434 g/mol. The summed E-state index contributed by atoms with van der Waals surface area (Å²) in [5, 5.41) is 0. The zero-order valence-corrected chi connectivity index (χ0v) is 22.5. The van der Waals surface area contributed by atoms with E-state index in [4.69, 9.17) is 4.74 Å². The number of nitrogens with one attached hydrogen (secondary N) is 1. The lowest BCUT2D eigenvalue weighted by Gasteiger charge is -2.63. The molecule has 0 saturated heterocycles. The molecule has 0 bridgehead atoms. The zero-order valence-electron chi connectivity index (χ0n) is 21.7. The van der Waals surface area contributed by atoms with E-state index in [-0.39, 0.29) is 17.4 Å². The lowest BCUT2D eigenvalue weighted by molar-refractivity contribution is -0.141. The van der Waals surface area contributed by atoms with Crippen molar-refractivity contribution in [2.24, 2.45) is 52.3 Å². The summed E-state index contributed by atoms with van der Waals surface area (Å²) in [7, 11) is -1.78. The Balaban J connectivity index is 1.62. The van der Waals surface area contributed by atoms with Crippen molar-refractivity contribution in [1.82, 2.24) is 4.72 Å². The van der Waals surface area contributed by atoms with Gasteiger partial charge in [-0.15, -0.1) is 0 Å². The Bertz CT molecular complexity index is 843. The second-order valence-corrected chi connectivity index (χ2v) is 14.7. The number of carbonyl (C=O) groups is 1. The van der Waals surface area contributed by atoms with Crippen molar-refractivity contribution in [3.05, 3.63) is 0 Å². The Morgan fingerprint density at radius 1 is 1.06 bits per heavy atom. The van der Waals surface area contributed by atoms with Gasteiger partial charge in [0.15, 0.2) is 0 Å². The summed E-state index contributed by atoms with van der Waals surface area (Å²) in [6.07, 6.45) is 12.5. The molecule has 0 aromatic rings. The van der Waals surface area contributed by atoms with Crippen LogP contribution >= 0.6 is 0 Å². The van der Waals surface area contributed by atoms with Crippen molar-refractivity contribution >= 4 is 16.0 Å². The monoisotopic (exact) mass is 481 g/mol. The van der Waals surface area contributed by atoms with E-state index >= 15 is 0 Å². The highest BCUT2D eigenvalue weighted by Gasteiger charge is 2.63. The normalized spacial score (nSPS) is 46.1. The molecule has 6 heteroatoms. The summed E-state index contributed by atoms with van der Waals surface area (Å²) >= 11 is 0. The first-order chi connectivity index (χ1) is 15.4. The summed E-state index contributed by atoms with van der Waals surface area (Å²) in [6, 6.07) is 0.0714. The molecule has 5 unspecified atom stereocenters. The molecular formula is C27H47NO4S. The van der Waals surface area contributed by atoms with Crippen molar-refractivity contribution in [2.45, 2.75) is 97.9 Å². The van der Waals surface area contributed by atoms with Gasteiger partial charge in [-0.25, -0.2) is 13.1 Å². The quantitative estimate of drug-likeness (QED) is 0.516. The molecule has 4 fully saturated rings. The first-order valence-corrected chi connectivity index (χ1v) is 15.3. The molecule has 33 heavy (non-hydrogen) atoms. The van der Waals surface area contributed by atoms with Crippen LogP contribution in [0.1, 0.15) is 91.9 Å². The Morgan fingerprint density at radius 3 is 2.39 bits per heavy atom. The standard InChI is InChI=1S/C27H47NO4S/c1-17-11-13-26(3)19(15-17)16-23(28-33(6,30)31)25-21-9-8-20(18(2)7-10-24(29)32-5)27(21,4)14-12-22(25)26/h17-23,25,28H,7-16H2,1-6H3/t17?,18-,19-,20?,21?,22?,23-,25?,26+,27-/m1/s1. The topological polar surface area (TPSA) is 72.5 Å². The number of esters is 1. The van der Waals surface area contributed by atoms with Crippen LogP contribution in [0.15, 0.2) is 0 Å². The lowest BCUT2D eigenvalue weighted by Crippen LogP contribution is -2.61. The number of fused-ring (bicyclic) bond motifs is 5. The molecule has 4 aliphatic carbocycles. The van der Waals surface area contributed by atoms with Gasteiger partial charge in [0, 0.05) is 12.5 Å². The highest BCUT2D eigenvalue weighted by Crippen LogP contribution is 2.68. The zero-order chi connectivity index (χ0) is 24.2. The van der Waals surface area contributed by atoms with Crippen LogP contribution in [0, 0.1) is 52.3 Å². The van der Waals surface area contributed by atoms with E-state index in [2.05, 4.69) is 32.4 Å². The highest BCUT2D eigenvalue weighted by atomic mass is 32.2. The van der Waals surface area contributed by atoms with Crippen LogP contribution in [0.25, 0.3) is 0 Å². The molecule has 4 saturated carbocycles. The van der Waals surface area contributed by atoms with Gasteiger partial charge in [0.2, 0.25) is 10.0 Å². The van der Waals surface area contributed by atoms with Gasteiger partial charge in [0.1, 0.15) is 0 Å². The number of rotatable bonds is 6. The lowest BCUT2D eigenvalue weighted by atomic mass is 9.43. The average molecular weight is 482 g/mol. The average Bonchev–Trinajstić information content (AvgIpc) is 3.09. The fourth-order valence-corrected chi connectivity index (χ4v) is 10.3. The largest absolute Gasteiger partial charge is 0.469 e. The van der Waals surface area contributed by atoms with E-state index in [1.807, 2.05) is 0 Å². The smallest absolute Gasteiger partial charge is 0.305 e. The molecule has 1 N–H and O–H groups in total. The van der Waals surface area contributed by atoms with Crippen molar-refractivity contribution in [3.63, 3.8) is 0 Å². The summed E-state index contributed by atoms with van der Waals surface area (Å²) in [4.78, 5) is 11.8. The van der Waals surface area contributed by atoms with E-state index in [0.717, 1.165) is 18.8 Å². The number of ether oxygens (including phenoxy) is 1. The minimum Gasteiger partial charge on any atom is -0.469 e. The van der Waals surface area contributed by atoms with E-state index in [1.165, 1.54) is 58.3 Å². The van der Waals surface area contributed by atoms with Gasteiger partial charge in [-0.3, -0.25) is 4.79 Å². The second-order valence-electron chi connectivity index (χ2n) is 12.9. The third-order valence-corrected chi connectivity index (χ3v) is 11.9. The van der Waals surface area contributed by atoms with Crippen molar-refractivity contribution in [3.8, 4) is 0 Å². The highest BCUT2D eigenvalue weighted by molar-refractivity contribution is 7.88. The number of sulfonamides is 1. The molecule has 4 aliphatic rings. The molecule has 0 spiro atoms. The summed E-state index contributed by atoms with van der Waals surface area (Å²) in [6.45, 7) is 9.74. The first-order valence-electron chi connectivity index (χ1n) is 13.4. The summed E-state index contributed by atoms with van der Waals surface area (Å²) < 4.78 is 32.9. The van der Waals surface area contributed by atoms with E-state index in [0.29, 0.717) is 47.3 Å². The van der Waals surface area contributed by atoms with Crippen LogP contribution in [0.2, 0.25) is 0 Å². The molecule has 0 radical (unpaired) electrons. The molecule has 0 aliphatic heterocycles. The summed E-state index contributed by atoms with van der Waals surface area (Å²) in [5.41, 5.74) is 0.585. The molecule has 0 aromatic heterocycles. The molecule has 0 aromatic carbocycles. The van der Waals surface area contributed by atoms with Gasteiger partial charge < -0.3 is 4.74 Å². The van der Waals surface area contributed by atoms with Crippen LogP contribution in [0.3, 0.4) is 0 Å². The fraction of sp³-hybridized carbons (Fsp3) is 0.963. The maximum absolute atomic E-state index is 12.4. The van der Waals surface area contributed by atoms with Gasteiger partial charge in [-0.05, 0) is 104 Å². The van der Waals surface area contributed by atoms with E-state index in [9.17, 15) is 13.2 Å². The first kappa shape index (κ1) is 25.5. The molecule has 0 amide bonds. The molecule has 4 rings (SSSR count). The third kappa shape index (κ3) is 4.64. The van der Waals surface area contributed by atoms with Crippen LogP contribution in [0.5, 0.6) is 0 Å². The SMILES string of the molecule is COC(=O)CC[C@@H](C)C1CCC2C3C(CC[C@@]21C)[C@@]1(C)CCC(C)C[C@@H]1C[C@H]3NS(C)(=O)=O. The number of carbonyl (C=O) groups excluding carboxylic acids is 1. The van der Waals surface area contributed by atoms with E-state index in [1.54, 1.807) is 0 Å². The van der Waals surface area contributed by atoms with Crippen LogP contribution in [0.4, 0.5) is 0 Å². The maximum Gasteiger partial charge on any atom is 0.305 e. The number of hydrogen-bond donors (Lipinski definition) is 1. The molecule has 5 nitrogen and oxygen atoms in total. The van der Waals surface area contributed by atoms with Gasteiger partial charge in [0.05, 0.1) is 13.4 Å². The minimum atomic E-state index is -3.25. The van der Waals surface area contributed by atoms with Gasteiger partial charge in [0.25, 0.3) is 0 Å². The number of hydrogen-bond acceptors (Lipinski definition) is 4. The van der Waals surface area contributed by atoms with Crippen molar-refractivity contribution in [2.75, 3.05) is 13.4 Å². The van der Waals surface area contributed by atoms with Crippen molar-refractivity contribution in [1.29, 1.82) is 0 Å². The van der Waals surface area contributed by atoms with Crippen LogP contribution in [-0.2, 0) is 19.6 Å². The van der Waals surface area contributed by atoms with Crippen LogP contribution < -0.4 is 4.72 Å². The Kier molecular flexibility index (Phi) is 7.03. The second kappa shape index (κ2) is 9.11. The van der Waals surface area contributed by atoms with Gasteiger partial charge >= 0.3 is 5.97 Å². The minimum absolute atomic E-state index is 0.0714. The number of methoxy groups -OCH3 is 1. The van der Waals surface area contributed by atoms with Crippen molar-refractivity contribution < 1.29 is 17.9 Å². The van der Waals surface area contributed by atoms with Gasteiger partial charge in [-0.1, -0.05) is 34.1 Å². The van der Waals surface area contributed by atoms with E-state index < -0.39 is 10.0 Å². The molecule has 190 valence electrons. The Morgan fingerprint density at radius 2 is 1.73 bits per heavy atom. The Hall–Kier alpha value is -0.620. The molecule has 0 heterocycles. The van der Waals surface area contributed by atoms with Gasteiger partial charge in [-0.2, -0.15) is 0 Å². The molecule has 10 atom stereocenters. The third-order valence-electron chi connectivity index (χ3n) is 11.1. The predicted octanol–water partition coefficient (Wildman–Crippen LogP) is 5.40. The fourth-order valence-electron chi connectivity index (χ4n) is 9.50.